The molecule has 1 nitrogen and oxygen atoms in total. The van der Waals surface area contributed by atoms with Crippen molar-refractivity contribution in [2.75, 3.05) is 6.61 Å². The van der Waals surface area contributed by atoms with Crippen LogP contribution in [0.15, 0.2) is 35.2 Å². The Morgan fingerprint density at radius 1 is 1.25 bits per heavy atom. The van der Waals surface area contributed by atoms with E-state index in [4.69, 9.17) is 0 Å². The summed E-state index contributed by atoms with van der Waals surface area (Å²) in [5.74, 6) is 0. The molecule has 0 aliphatic heterocycles. The molecule has 1 radical (unpaired) electrons. The molecule has 0 bridgehead atoms. The molecular formula is C10H13OS. The summed E-state index contributed by atoms with van der Waals surface area (Å²) in [5, 5.41) is 10.7. The standard InChI is InChI=1S/C10H13OS/c1-10(2,8-11)12-9-6-4-3-5-7-9/h3-7H,8H2,1-2H3. The van der Waals surface area contributed by atoms with Gasteiger partial charge in [0.25, 0.3) is 0 Å². The van der Waals surface area contributed by atoms with Gasteiger partial charge < -0.3 is 0 Å². The summed E-state index contributed by atoms with van der Waals surface area (Å²) in [6.07, 6.45) is 0. The van der Waals surface area contributed by atoms with Gasteiger partial charge in [-0.05, 0) is 26.0 Å². The molecule has 1 rings (SSSR count). The summed E-state index contributed by atoms with van der Waals surface area (Å²) in [6, 6.07) is 10.0. The summed E-state index contributed by atoms with van der Waals surface area (Å²) >= 11 is 1.63. The summed E-state index contributed by atoms with van der Waals surface area (Å²) in [4.78, 5) is 1.17. The largest absolute Gasteiger partial charge is 0.235 e. The molecule has 1 aromatic rings. The molecule has 1 aromatic carbocycles. The van der Waals surface area contributed by atoms with Crippen LogP contribution in [0, 0.1) is 0 Å². The average molecular weight is 181 g/mol. The fourth-order valence-corrected chi connectivity index (χ4v) is 1.83. The van der Waals surface area contributed by atoms with Crippen LogP contribution < -0.4 is 0 Å². The third-order valence-corrected chi connectivity index (χ3v) is 2.66. The van der Waals surface area contributed by atoms with E-state index in [2.05, 4.69) is 0 Å². The number of hydrogen-bond donors (Lipinski definition) is 0. The lowest BCUT2D eigenvalue weighted by atomic mass is 10.2. The predicted octanol–water partition coefficient (Wildman–Crippen LogP) is 2.99. The van der Waals surface area contributed by atoms with E-state index in [-0.39, 0.29) is 11.4 Å². The van der Waals surface area contributed by atoms with Crippen LogP contribution in [0.25, 0.3) is 0 Å². The highest BCUT2D eigenvalue weighted by Gasteiger charge is 2.18. The molecule has 0 saturated heterocycles. The van der Waals surface area contributed by atoms with Crippen molar-refractivity contribution in [3.05, 3.63) is 30.3 Å². The third-order valence-electron chi connectivity index (χ3n) is 1.48. The van der Waals surface area contributed by atoms with Crippen LogP contribution in [0.3, 0.4) is 0 Å². The van der Waals surface area contributed by atoms with Crippen LogP contribution in [0.1, 0.15) is 13.8 Å². The Balaban J connectivity index is 2.64. The van der Waals surface area contributed by atoms with Crippen molar-refractivity contribution in [3.63, 3.8) is 0 Å². The third kappa shape index (κ3) is 2.88. The van der Waals surface area contributed by atoms with Crippen molar-refractivity contribution >= 4 is 11.8 Å². The van der Waals surface area contributed by atoms with Gasteiger partial charge in [0, 0.05) is 9.64 Å². The Kier molecular flexibility index (Phi) is 3.18. The van der Waals surface area contributed by atoms with Crippen molar-refractivity contribution < 1.29 is 5.11 Å². The fraction of sp³-hybridized carbons (Fsp3) is 0.400. The first-order chi connectivity index (χ1) is 5.64. The lowest BCUT2D eigenvalue weighted by molar-refractivity contribution is 0.171. The van der Waals surface area contributed by atoms with E-state index in [0.717, 1.165) is 0 Å². The van der Waals surface area contributed by atoms with E-state index in [0.29, 0.717) is 0 Å². The van der Waals surface area contributed by atoms with E-state index < -0.39 is 0 Å². The normalized spacial score (nSPS) is 11.6. The maximum atomic E-state index is 10.7. The molecule has 0 amide bonds. The first-order valence-corrected chi connectivity index (χ1v) is 4.78. The Morgan fingerprint density at radius 2 is 1.83 bits per heavy atom. The molecule has 0 fully saturated rings. The molecule has 0 unspecified atom stereocenters. The first kappa shape index (κ1) is 9.62. The highest BCUT2D eigenvalue weighted by atomic mass is 32.2. The van der Waals surface area contributed by atoms with Gasteiger partial charge >= 0.3 is 0 Å². The average Bonchev–Trinajstić information content (AvgIpc) is 2.06. The second-order valence-corrected chi connectivity index (χ2v) is 5.10. The molecule has 0 aliphatic rings. The van der Waals surface area contributed by atoms with Gasteiger partial charge in [0.2, 0.25) is 0 Å². The van der Waals surface area contributed by atoms with Crippen LogP contribution in [0.2, 0.25) is 0 Å². The second-order valence-electron chi connectivity index (χ2n) is 3.32. The van der Waals surface area contributed by atoms with E-state index in [9.17, 15) is 5.11 Å². The van der Waals surface area contributed by atoms with Crippen molar-refractivity contribution in [2.45, 2.75) is 23.5 Å². The van der Waals surface area contributed by atoms with Gasteiger partial charge in [-0.3, -0.25) is 0 Å². The van der Waals surface area contributed by atoms with Crippen molar-refractivity contribution in [1.29, 1.82) is 0 Å². The molecule has 0 atom stereocenters. The summed E-state index contributed by atoms with van der Waals surface area (Å²) in [7, 11) is 0. The second kappa shape index (κ2) is 3.97. The minimum atomic E-state index is -0.193. The summed E-state index contributed by atoms with van der Waals surface area (Å²) in [5.41, 5.74) is 0. The summed E-state index contributed by atoms with van der Waals surface area (Å²) < 4.78 is -0.193. The molecular weight excluding hydrogens is 168 g/mol. The molecule has 2 heteroatoms. The minimum absolute atomic E-state index is 0.0490. The van der Waals surface area contributed by atoms with Crippen molar-refractivity contribution in [3.8, 4) is 0 Å². The number of benzene rings is 1. The lowest BCUT2D eigenvalue weighted by Crippen LogP contribution is -2.18. The van der Waals surface area contributed by atoms with E-state index >= 15 is 0 Å². The molecule has 0 heterocycles. The van der Waals surface area contributed by atoms with Crippen LogP contribution >= 0.6 is 11.8 Å². The zero-order valence-corrected chi connectivity index (χ0v) is 8.23. The van der Waals surface area contributed by atoms with E-state index in [1.165, 1.54) is 4.90 Å². The number of rotatable bonds is 3. The molecule has 0 N–H and O–H groups in total. The molecule has 0 aliphatic carbocycles. The summed E-state index contributed by atoms with van der Waals surface area (Å²) in [6.45, 7) is 3.89. The van der Waals surface area contributed by atoms with Crippen molar-refractivity contribution in [2.24, 2.45) is 0 Å². The Labute approximate surface area is 77.8 Å². The highest BCUT2D eigenvalue weighted by Crippen LogP contribution is 2.31. The zero-order chi connectivity index (χ0) is 9.03. The highest BCUT2D eigenvalue weighted by molar-refractivity contribution is 8.00. The van der Waals surface area contributed by atoms with Crippen molar-refractivity contribution in [1.82, 2.24) is 0 Å². The smallest absolute Gasteiger partial charge is 0.0967 e. The van der Waals surface area contributed by atoms with Crippen LogP contribution in [0.4, 0.5) is 0 Å². The molecule has 65 valence electrons. The molecule has 0 aromatic heterocycles. The van der Waals surface area contributed by atoms with E-state index in [1.807, 2.05) is 44.2 Å². The van der Waals surface area contributed by atoms with E-state index in [1.54, 1.807) is 11.8 Å². The van der Waals surface area contributed by atoms with Gasteiger partial charge in [0.15, 0.2) is 0 Å². The van der Waals surface area contributed by atoms with Crippen LogP contribution in [-0.4, -0.2) is 11.4 Å². The Morgan fingerprint density at radius 3 is 2.33 bits per heavy atom. The number of thioether (sulfide) groups is 1. The number of hydrogen-bond acceptors (Lipinski definition) is 1. The Bertz CT molecular complexity index is 231. The maximum absolute atomic E-state index is 10.7. The maximum Gasteiger partial charge on any atom is 0.0967 e. The molecule has 12 heavy (non-hydrogen) atoms. The van der Waals surface area contributed by atoms with Gasteiger partial charge in [-0.25, -0.2) is 5.11 Å². The van der Waals surface area contributed by atoms with Gasteiger partial charge in [0.05, 0.1) is 6.61 Å². The SMILES string of the molecule is CC(C)(C[O])Sc1ccccc1. The van der Waals surface area contributed by atoms with Gasteiger partial charge in [-0.15, -0.1) is 11.8 Å². The fourth-order valence-electron chi connectivity index (χ4n) is 0.837. The quantitative estimate of drug-likeness (QED) is 0.656. The topological polar surface area (TPSA) is 19.9 Å². The zero-order valence-electron chi connectivity index (χ0n) is 7.41. The monoisotopic (exact) mass is 181 g/mol. The van der Waals surface area contributed by atoms with Crippen LogP contribution in [0.5, 0.6) is 0 Å². The first-order valence-electron chi connectivity index (χ1n) is 3.96. The Hall–Kier alpha value is -0.470. The predicted molar refractivity (Wildman–Crippen MR) is 51.9 cm³/mol. The molecule has 0 spiro atoms. The van der Waals surface area contributed by atoms with Gasteiger partial charge in [-0.2, -0.15) is 0 Å². The molecule has 0 saturated carbocycles. The van der Waals surface area contributed by atoms with Gasteiger partial charge in [-0.1, -0.05) is 18.2 Å². The minimum Gasteiger partial charge on any atom is -0.235 e. The van der Waals surface area contributed by atoms with Crippen LogP contribution in [-0.2, 0) is 5.11 Å². The van der Waals surface area contributed by atoms with Gasteiger partial charge in [0.1, 0.15) is 0 Å². The lowest BCUT2D eigenvalue weighted by Gasteiger charge is -2.19.